The molecule has 26 heavy (non-hydrogen) atoms. The molecular formula is C18H24FN3O3Si. The summed E-state index contributed by atoms with van der Waals surface area (Å²) in [6.07, 6.45) is 4.77. The summed E-state index contributed by atoms with van der Waals surface area (Å²) in [6, 6.07) is 2.66. The van der Waals surface area contributed by atoms with Crippen molar-refractivity contribution < 1.29 is 19.0 Å². The van der Waals surface area contributed by atoms with Gasteiger partial charge in [0.2, 0.25) is 0 Å². The van der Waals surface area contributed by atoms with Crippen molar-refractivity contribution in [3.63, 3.8) is 0 Å². The second-order valence-corrected chi connectivity index (χ2v) is 13.6. The van der Waals surface area contributed by atoms with Gasteiger partial charge in [0.05, 0.1) is 6.20 Å². The normalized spacial score (nSPS) is 14.6. The van der Waals surface area contributed by atoms with E-state index in [2.05, 4.69) is 29.7 Å². The van der Waals surface area contributed by atoms with Crippen LogP contribution in [-0.4, -0.2) is 40.5 Å². The SMILES string of the molecule is C[Si](C)(C)CCOCn1cc(-c2cc(C3CC3)ncc2F)c(C(=O)O)n1. The van der Waals surface area contributed by atoms with Gasteiger partial charge in [-0.15, -0.1) is 0 Å². The van der Waals surface area contributed by atoms with E-state index in [1.54, 1.807) is 6.07 Å². The molecule has 0 aromatic carbocycles. The Morgan fingerprint density at radius 2 is 2.12 bits per heavy atom. The lowest BCUT2D eigenvalue weighted by atomic mass is 10.1. The third-order valence-electron chi connectivity index (χ3n) is 4.35. The number of aromatic carboxylic acids is 1. The molecule has 1 N–H and O–H groups in total. The highest BCUT2D eigenvalue weighted by Gasteiger charge is 2.27. The van der Waals surface area contributed by atoms with Crippen LogP contribution in [0.1, 0.15) is 34.9 Å². The van der Waals surface area contributed by atoms with E-state index in [4.69, 9.17) is 4.74 Å². The minimum absolute atomic E-state index is 0.146. The summed E-state index contributed by atoms with van der Waals surface area (Å²) in [5.41, 5.74) is 1.11. The number of hydrogen-bond acceptors (Lipinski definition) is 4. The molecule has 0 unspecified atom stereocenters. The van der Waals surface area contributed by atoms with Crippen molar-refractivity contribution in [1.82, 2.24) is 14.8 Å². The average Bonchev–Trinajstić information content (AvgIpc) is 3.31. The molecule has 2 aromatic rings. The molecule has 8 heteroatoms. The molecule has 0 aliphatic heterocycles. The number of halogens is 1. The monoisotopic (exact) mass is 377 g/mol. The maximum absolute atomic E-state index is 14.3. The first kappa shape index (κ1) is 18.7. The van der Waals surface area contributed by atoms with Gasteiger partial charge in [0.25, 0.3) is 0 Å². The maximum Gasteiger partial charge on any atom is 0.357 e. The fourth-order valence-electron chi connectivity index (χ4n) is 2.64. The summed E-state index contributed by atoms with van der Waals surface area (Å²) in [7, 11) is -1.20. The highest BCUT2D eigenvalue weighted by atomic mass is 28.3. The Bertz CT molecular complexity index is 812. The Balaban J connectivity index is 1.82. The van der Waals surface area contributed by atoms with Crippen LogP contribution >= 0.6 is 0 Å². The van der Waals surface area contributed by atoms with Crippen LogP contribution in [-0.2, 0) is 11.5 Å². The van der Waals surface area contributed by atoms with Gasteiger partial charge in [-0.05, 0) is 25.0 Å². The third-order valence-corrected chi connectivity index (χ3v) is 6.05. The van der Waals surface area contributed by atoms with Crippen LogP contribution in [0.5, 0.6) is 0 Å². The van der Waals surface area contributed by atoms with Crippen LogP contribution in [0.4, 0.5) is 4.39 Å². The Morgan fingerprint density at radius 1 is 1.38 bits per heavy atom. The minimum atomic E-state index is -1.20. The van der Waals surface area contributed by atoms with Crippen molar-refractivity contribution >= 4 is 14.0 Å². The zero-order valence-corrected chi connectivity index (χ0v) is 16.3. The van der Waals surface area contributed by atoms with E-state index in [0.717, 1.165) is 30.8 Å². The third kappa shape index (κ3) is 4.56. The van der Waals surface area contributed by atoms with E-state index in [0.29, 0.717) is 12.5 Å². The van der Waals surface area contributed by atoms with Crippen molar-refractivity contribution in [2.75, 3.05) is 6.61 Å². The fraction of sp³-hybridized carbons (Fsp3) is 0.500. The summed E-state index contributed by atoms with van der Waals surface area (Å²) in [4.78, 5) is 15.7. The van der Waals surface area contributed by atoms with Crippen LogP contribution in [0, 0.1) is 5.82 Å². The van der Waals surface area contributed by atoms with Crippen LogP contribution in [0.3, 0.4) is 0 Å². The smallest absolute Gasteiger partial charge is 0.357 e. The van der Waals surface area contributed by atoms with Crippen molar-refractivity contribution in [1.29, 1.82) is 0 Å². The molecule has 0 radical (unpaired) electrons. The van der Waals surface area contributed by atoms with E-state index in [1.807, 2.05) is 0 Å². The predicted molar refractivity (Wildman–Crippen MR) is 98.5 cm³/mol. The molecule has 0 bridgehead atoms. The molecule has 0 saturated heterocycles. The highest BCUT2D eigenvalue weighted by molar-refractivity contribution is 6.76. The van der Waals surface area contributed by atoms with Gasteiger partial charge < -0.3 is 9.84 Å². The Kier molecular flexibility index (Phi) is 5.24. The van der Waals surface area contributed by atoms with Crippen molar-refractivity contribution in [3.8, 4) is 11.1 Å². The topological polar surface area (TPSA) is 77.2 Å². The summed E-state index contributed by atoms with van der Waals surface area (Å²) in [6.45, 7) is 7.52. The second kappa shape index (κ2) is 7.28. The Morgan fingerprint density at radius 3 is 2.73 bits per heavy atom. The number of aromatic nitrogens is 3. The van der Waals surface area contributed by atoms with Gasteiger partial charge in [0.1, 0.15) is 12.5 Å². The molecule has 0 spiro atoms. The summed E-state index contributed by atoms with van der Waals surface area (Å²) in [5.74, 6) is -1.39. The number of hydrogen-bond donors (Lipinski definition) is 1. The number of nitrogens with zero attached hydrogens (tertiary/aromatic N) is 3. The van der Waals surface area contributed by atoms with Crippen LogP contribution in [0.2, 0.25) is 25.7 Å². The van der Waals surface area contributed by atoms with Gasteiger partial charge in [-0.3, -0.25) is 4.98 Å². The average molecular weight is 377 g/mol. The zero-order valence-electron chi connectivity index (χ0n) is 15.3. The van der Waals surface area contributed by atoms with Gasteiger partial charge >= 0.3 is 5.97 Å². The number of carbonyl (C=O) groups is 1. The van der Waals surface area contributed by atoms with Crippen LogP contribution in [0.25, 0.3) is 11.1 Å². The quantitative estimate of drug-likeness (QED) is 0.556. The van der Waals surface area contributed by atoms with Crippen LogP contribution in [0.15, 0.2) is 18.5 Å². The van der Waals surface area contributed by atoms with Gasteiger partial charge in [-0.25, -0.2) is 13.9 Å². The molecular weight excluding hydrogens is 353 g/mol. The van der Waals surface area contributed by atoms with Gasteiger partial charge in [-0.2, -0.15) is 5.10 Å². The largest absolute Gasteiger partial charge is 0.476 e. The lowest BCUT2D eigenvalue weighted by molar-refractivity contribution is 0.0672. The van der Waals surface area contributed by atoms with Gasteiger partial charge in [0, 0.05) is 43.6 Å². The number of rotatable bonds is 8. The lowest BCUT2D eigenvalue weighted by Gasteiger charge is -2.15. The van der Waals surface area contributed by atoms with E-state index >= 15 is 0 Å². The van der Waals surface area contributed by atoms with Gasteiger partial charge in [0.15, 0.2) is 5.69 Å². The standard InChI is InChI=1S/C18H24FN3O3Si/c1-26(2,3)7-6-25-11-22-10-14(17(21-22)18(23)24)13-8-16(12-4-5-12)20-9-15(13)19/h8-10,12H,4-7,11H2,1-3H3,(H,23,24). The van der Waals surface area contributed by atoms with Crippen LogP contribution < -0.4 is 0 Å². The Hall–Kier alpha value is -2.06. The molecule has 1 aliphatic rings. The molecule has 1 aliphatic carbocycles. The summed E-state index contributed by atoms with van der Waals surface area (Å²) in [5, 5.41) is 13.5. The molecule has 2 aromatic heterocycles. The first-order chi connectivity index (χ1) is 12.2. The second-order valence-electron chi connectivity index (χ2n) is 7.95. The van der Waals surface area contributed by atoms with Crippen molar-refractivity contribution in [2.24, 2.45) is 0 Å². The van der Waals surface area contributed by atoms with E-state index in [9.17, 15) is 14.3 Å². The van der Waals surface area contributed by atoms with Crippen molar-refractivity contribution in [2.45, 2.75) is 51.2 Å². The first-order valence-corrected chi connectivity index (χ1v) is 12.5. The molecule has 6 nitrogen and oxygen atoms in total. The van der Waals surface area contributed by atoms with Gasteiger partial charge in [-0.1, -0.05) is 19.6 Å². The molecule has 2 heterocycles. The van der Waals surface area contributed by atoms with E-state index < -0.39 is 19.9 Å². The molecule has 3 rings (SSSR count). The highest BCUT2D eigenvalue weighted by Crippen LogP contribution is 2.40. The van der Waals surface area contributed by atoms with E-state index in [1.165, 1.54) is 10.9 Å². The number of carboxylic acid groups (broad SMARTS) is 1. The number of pyridine rings is 1. The van der Waals surface area contributed by atoms with Crippen molar-refractivity contribution in [3.05, 3.63) is 35.7 Å². The summed E-state index contributed by atoms with van der Waals surface area (Å²) < 4.78 is 21.3. The lowest BCUT2D eigenvalue weighted by Crippen LogP contribution is -2.22. The zero-order chi connectivity index (χ0) is 18.9. The van der Waals surface area contributed by atoms with E-state index in [-0.39, 0.29) is 23.6 Å². The molecule has 140 valence electrons. The molecule has 1 fully saturated rings. The Labute approximate surface area is 153 Å². The minimum Gasteiger partial charge on any atom is -0.476 e. The predicted octanol–water partition coefficient (Wildman–Crippen LogP) is 3.97. The number of ether oxygens (including phenoxy) is 1. The molecule has 0 amide bonds. The molecule has 1 saturated carbocycles. The number of carboxylic acids is 1. The first-order valence-electron chi connectivity index (χ1n) is 8.79. The molecule has 0 atom stereocenters. The summed E-state index contributed by atoms with van der Waals surface area (Å²) >= 11 is 0. The maximum atomic E-state index is 14.3. The fourth-order valence-corrected chi connectivity index (χ4v) is 3.40.